The molecule has 82 valence electrons. The van der Waals surface area contributed by atoms with Gasteiger partial charge < -0.3 is 5.32 Å². The minimum atomic E-state index is 0.781. The predicted octanol–water partition coefficient (Wildman–Crippen LogP) is 4.16. The minimum absolute atomic E-state index is 0.781. The molecule has 0 aromatic heterocycles. The number of allylic oxidation sites excluding steroid dienone is 1. The van der Waals surface area contributed by atoms with Crippen molar-refractivity contribution in [1.82, 2.24) is 5.32 Å². The fraction of sp³-hybridized carbons (Fsp3) is 0.333. The second-order valence-electron chi connectivity index (χ2n) is 3.27. The van der Waals surface area contributed by atoms with Gasteiger partial charge in [0.2, 0.25) is 0 Å². The second-order valence-corrected chi connectivity index (χ2v) is 4.56. The molecule has 0 aliphatic rings. The standard InChI is InChI=1S/C12H15BrClN/c1-2-3-4-7-15-9-10-8-11(14)5-6-12(10)13/h2-3,5-6,8,15H,4,7,9H2,1H3/b3-2+. The van der Waals surface area contributed by atoms with Crippen molar-refractivity contribution in [3.05, 3.63) is 45.4 Å². The van der Waals surface area contributed by atoms with E-state index in [1.54, 1.807) is 0 Å². The highest BCUT2D eigenvalue weighted by Crippen LogP contribution is 2.20. The lowest BCUT2D eigenvalue weighted by atomic mass is 10.2. The maximum atomic E-state index is 5.92. The second kappa shape index (κ2) is 7.04. The molecular formula is C12H15BrClN. The first-order chi connectivity index (χ1) is 7.24. The van der Waals surface area contributed by atoms with Crippen molar-refractivity contribution in [2.75, 3.05) is 6.54 Å². The van der Waals surface area contributed by atoms with Gasteiger partial charge in [0.25, 0.3) is 0 Å². The zero-order chi connectivity index (χ0) is 11.1. The third-order valence-corrected chi connectivity index (χ3v) is 3.06. The molecule has 1 nitrogen and oxygen atoms in total. The van der Waals surface area contributed by atoms with Gasteiger partial charge in [-0.05, 0) is 43.7 Å². The quantitative estimate of drug-likeness (QED) is 0.634. The molecule has 0 unspecified atom stereocenters. The van der Waals surface area contributed by atoms with Crippen molar-refractivity contribution in [3.63, 3.8) is 0 Å². The first-order valence-corrected chi connectivity index (χ1v) is 6.17. The van der Waals surface area contributed by atoms with E-state index in [2.05, 4.69) is 33.4 Å². The third-order valence-electron chi connectivity index (χ3n) is 2.05. The lowest BCUT2D eigenvalue weighted by Crippen LogP contribution is -2.14. The Bertz CT molecular complexity index is 336. The van der Waals surface area contributed by atoms with Crippen molar-refractivity contribution in [3.8, 4) is 0 Å². The molecule has 0 atom stereocenters. The average molecular weight is 289 g/mol. The van der Waals surface area contributed by atoms with Gasteiger partial charge in [0.05, 0.1) is 0 Å². The van der Waals surface area contributed by atoms with Crippen LogP contribution in [-0.4, -0.2) is 6.54 Å². The highest BCUT2D eigenvalue weighted by Gasteiger charge is 1.99. The summed E-state index contributed by atoms with van der Waals surface area (Å²) in [6, 6.07) is 5.84. The van der Waals surface area contributed by atoms with Gasteiger partial charge in [-0.2, -0.15) is 0 Å². The van der Waals surface area contributed by atoms with Gasteiger partial charge in [0.15, 0.2) is 0 Å². The molecule has 0 saturated carbocycles. The fourth-order valence-electron chi connectivity index (χ4n) is 1.25. The fourth-order valence-corrected chi connectivity index (χ4v) is 1.84. The molecule has 0 heterocycles. The highest BCUT2D eigenvalue weighted by atomic mass is 79.9. The Morgan fingerprint density at radius 1 is 1.47 bits per heavy atom. The third kappa shape index (κ3) is 4.83. The lowest BCUT2D eigenvalue weighted by molar-refractivity contribution is 0.693. The molecule has 1 rings (SSSR count). The molecule has 1 aromatic rings. The molecular weight excluding hydrogens is 273 g/mol. The SMILES string of the molecule is C/C=C/CCNCc1cc(Cl)ccc1Br. The number of rotatable bonds is 5. The number of nitrogens with one attached hydrogen (secondary N) is 1. The van der Waals surface area contributed by atoms with Crippen LogP contribution in [0.2, 0.25) is 5.02 Å². The zero-order valence-electron chi connectivity index (χ0n) is 8.76. The van der Waals surface area contributed by atoms with Crippen molar-refractivity contribution in [2.45, 2.75) is 19.9 Å². The largest absolute Gasteiger partial charge is 0.312 e. The van der Waals surface area contributed by atoms with E-state index in [-0.39, 0.29) is 0 Å². The van der Waals surface area contributed by atoms with Crippen LogP contribution in [0.4, 0.5) is 0 Å². The number of hydrogen-bond donors (Lipinski definition) is 1. The summed E-state index contributed by atoms with van der Waals surface area (Å²) in [5.74, 6) is 0. The van der Waals surface area contributed by atoms with E-state index < -0.39 is 0 Å². The van der Waals surface area contributed by atoms with Crippen LogP contribution in [0, 0.1) is 0 Å². The molecule has 0 amide bonds. The molecule has 3 heteroatoms. The van der Waals surface area contributed by atoms with Gasteiger partial charge >= 0.3 is 0 Å². The Hall–Kier alpha value is -0.310. The smallest absolute Gasteiger partial charge is 0.0410 e. The summed E-state index contributed by atoms with van der Waals surface area (Å²) >= 11 is 9.42. The summed E-state index contributed by atoms with van der Waals surface area (Å²) in [4.78, 5) is 0. The number of hydrogen-bond acceptors (Lipinski definition) is 1. The Balaban J connectivity index is 2.40. The summed E-state index contributed by atoms with van der Waals surface area (Å²) in [6.07, 6.45) is 5.28. The molecule has 0 aliphatic carbocycles. The molecule has 0 spiro atoms. The molecule has 0 fully saturated rings. The van der Waals surface area contributed by atoms with Crippen LogP contribution >= 0.6 is 27.5 Å². The summed E-state index contributed by atoms with van der Waals surface area (Å²) in [6.45, 7) is 3.87. The molecule has 0 bridgehead atoms. The van der Waals surface area contributed by atoms with Crippen LogP contribution in [0.5, 0.6) is 0 Å². The molecule has 15 heavy (non-hydrogen) atoms. The Morgan fingerprint density at radius 2 is 2.27 bits per heavy atom. The molecule has 0 aliphatic heterocycles. The normalized spacial score (nSPS) is 11.1. The maximum absolute atomic E-state index is 5.92. The van der Waals surface area contributed by atoms with Gasteiger partial charge in [-0.3, -0.25) is 0 Å². The van der Waals surface area contributed by atoms with E-state index in [9.17, 15) is 0 Å². The Morgan fingerprint density at radius 3 is 3.00 bits per heavy atom. The lowest BCUT2D eigenvalue weighted by Gasteiger charge is -2.06. The first-order valence-electron chi connectivity index (χ1n) is 5.00. The van der Waals surface area contributed by atoms with Crippen molar-refractivity contribution in [1.29, 1.82) is 0 Å². The van der Waals surface area contributed by atoms with E-state index in [0.29, 0.717) is 0 Å². The van der Waals surface area contributed by atoms with Crippen molar-refractivity contribution < 1.29 is 0 Å². The van der Waals surface area contributed by atoms with Crippen LogP contribution in [-0.2, 0) is 6.54 Å². The summed E-state index contributed by atoms with van der Waals surface area (Å²) in [5.41, 5.74) is 1.20. The van der Waals surface area contributed by atoms with E-state index in [1.807, 2.05) is 25.1 Å². The van der Waals surface area contributed by atoms with E-state index in [4.69, 9.17) is 11.6 Å². The summed E-state index contributed by atoms with van der Waals surface area (Å²) in [7, 11) is 0. The van der Waals surface area contributed by atoms with E-state index in [1.165, 1.54) is 5.56 Å². The van der Waals surface area contributed by atoms with Crippen LogP contribution in [0.15, 0.2) is 34.8 Å². The van der Waals surface area contributed by atoms with Gasteiger partial charge in [-0.15, -0.1) is 0 Å². The summed E-state index contributed by atoms with van der Waals surface area (Å²) < 4.78 is 1.10. The number of benzene rings is 1. The van der Waals surface area contributed by atoms with Crippen LogP contribution in [0.3, 0.4) is 0 Å². The van der Waals surface area contributed by atoms with Crippen molar-refractivity contribution in [2.24, 2.45) is 0 Å². The van der Waals surface area contributed by atoms with E-state index >= 15 is 0 Å². The monoisotopic (exact) mass is 287 g/mol. The van der Waals surface area contributed by atoms with Crippen LogP contribution in [0.25, 0.3) is 0 Å². The Labute approximate surface area is 105 Å². The molecule has 1 N–H and O–H groups in total. The van der Waals surface area contributed by atoms with Crippen LogP contribution in [0.1, 0.15) is 18.9 Å². The van der Waals surface area contributed by atoms with Crippen LogP contribution < -0.4 is 5.32 Å². The topological polar surface area (TPSA) is 12.0 Å². The van der Waals surface area contributed by atoms with Gasteiger partial charge in [-0.25, -0.2) is 0 Å². The van der Waals surface area contributed by atoms with Gasteiger partial charge in [0.1, 0.15) is 0 Å². The highest BCUT2D eigenvalue weighted by molar-refractivity contribution is 9.10. The number of halogens is 2. The predicted molar refractivity (Wildman–Crippen MR) is 70.3 cm³/mol. The maximum Gasteiger partial charge on any atom is 0.0410 e. The minimum Gasteiger partial charge on any atom is -0.312 e. The van der Waals surface area contributed by atoms with E-state index in [0.717, 1.165) is 29.0 Å². The zero-order valence-corrected chi connectivity index (χ0v) is 11.1. The molecule has 0 radical (unpaired) electrons. The van der Waals surface area contributed by atoms with Crippen molar-refractivity contribution >= 4 is 27.5 Å². The Kier molecular flexibility index (Phi) is 5.99. The molecule has 0 saturated heterocycles. The first kappa shape index (κ1) is 12.8. The van der Waals surface area contributed by atoms with Gasteiger partial charge in [0, 0.05) is 16.0 Å². The molecule has 1 aromatic carbocycles. The van der Waals surface area contributed by atoms with Gasteiger partial charge in [-0.1, -0.05) is 39.7 Å². The summed E-state index contributed by atoms with van der Waals surface area (Å²) in [5, 5.41) is 4.15. The average Bonchev–Trinajstić information content (AvgIpc) is 2.23.